The summed E-state index contributed by atoms with van der Waals surface area (Å²) in [5.74, 6) is -0.555. The summed E-state index contributed by atoms with van der Waals surface area (Å²) in [6, 6.07) is 7.42. The number of hydrogen-bond donors (Lipinski definition) is 2. The summed E-state index contributed by atoms with van der Waals surface area (Å²) in [6.45, 7) is 2.14. The van der Waals surface area contributed by atoms with Gasteiger partial charge in [0.1, 0.15) is 5.75 Å². The van der Waals surface area contributed by atoms with Gasteiger partial charge in [0, 0.05) is 23.9 Å². The van der Waals surface area contributed by atoms with E-state index < -0.39 is 5.97 Å². The van der Waals surface area contributed by atoms with Gasteiger partial charge >= 0.3 is 5.97 Å². The smallest absolute Gasteiger partial charge is 0.303 e. The van der Waals surface area contributed by atoms with E-state index in [4.69, 9.17) is 9.84 Å². The lowest BCUT2D eigenvalue weighted by atomic mass is 10.1. The van der Waals surface area contributed by atoms with Gasteiger partial charge in [0.15, 0.2) is 6.61 Å². The maximum atomic E-state index is 11.7. The Hall–Kier alpha value is -2.41. The fraction of sp³-hybridized carbons (Fsp3) is 0.312. The van der Waals surface area contributed by atoms with Crippen LogP contribution in [0, 0.1) is 6.92 Å². The van der Waals surface area contributed by atoms with E-state index in [-0.39, 0.29) is 18.9 Å². The topological polar surface area (TPSA) is 88.5 Å². The molecule has 0 aliphatic carbocycles. The van der Waals surface area contributed by atoms with Gasteiger partial charge in [0.05, 0.1) is 10.7 Å². The van der Waals surface area contributed by atoms with Crippen LogP contribution in [0.3, 0.4) is 0 Å². The molecule has 1 heterocycles. The van der Waals surface area contributed by atoms with E-state index in [0.29, 0.717) is 18.7 Å². The summed E-state index contributed by atoms with van der Waals surface area (Å²) < 4.78 is 5.58. The lowest BCUT2D eigenvalue weighted by Crippen LogP contribution is -2.30. The average molecular weight is 334 g/mol. The van der Waals surface area contributed by atoms with Crippen molar-refractivity contribution < 1.29 is 19.4 Å². The summed E-state index contributed by atoms with van der Waals surface area (Å²) in [7, 11) is 0. The van der Waals surface area contributed by atoms with Gasteiger partial charge in [-0.05, 0) is 25.5 Å². The summed E-state index contributed by atoms with van der Waals surface area (Å²) in [5.41, 5.74) is 1.67. The zero-order valence-corrected chi connectivity index (χ0v) is 13.6. The molecule has 1 aromatic heterocycles. The van der Waals surface area contributed by atoms with Crippen LogP contribution < -0.4 is 10.1 Å². The molecule has 1 aromatic carbocycles. The Morgan fingerprint density at radius 1 is 1.35 bits per heavy atom. The molecule has 2 N–H and O–H groups in total. The molecule has 0 atom stereocenters. The van der Waals surface area contributed by atoms with Crippen LogP contribution in [0.25, 0.3) is 11.3 Å². The predicted octanol–water partition coefficient (Wildman–Crippen LogP) is 2.48. The Balaban J connectivity index is 1.88. The molecule has 0 unspecified atom stereocenters. The summed E-state index contributed by atoms with van der Waals surface area (Å²) >= 11 is 1.55. The number of ether oxygens (including phenoxy) is 1. The van der Waals surface area contributed by atoms with E-state index >= 15 is 0 Å². The number of hydrogen-bond acceptors (Lipinski definition) is 5. The van der Waals surface area contributed by atoms with Crippen LogP contribution in [0.4, 0.5) is 0 Å². The second kappa shape index (κ2) is 8.28. The van der Waals surface area contributed by atoms with Crippen LogP contribution in [0.2, 0.25) is 0 Å². The zero-order chi connectivity index (χ0) is 16.7. The van der Waals surface area contributed by atoms with E-state index in [1.807, 2.05) is 30.5 Å². The predicted molar refractivity (Wildman–Crippen MR) is 87.7 cm³/mol. The van der Waals surface area contributed by atoms with Gasteiger partial charge in [-0.2, -0.15) is 0 Å². The highest BCUT2D eigenvalue weighted by Crippen LogP contribution is 2.30. The van der Waals surface area contributed by atoms with E-state index in [0.717, 1.165) is 16.3 Å². The van der Waals surface area contributed by atoms with Crippen molar-refractivity contribution in [2.24, 2.45) is 0 Å². The average Bonchev–Trinajstić information content (AvgIpc) is 2.96. The summed E-state index contributed by atoms with van der Waals surface area (Å²) in [6.07, 6.45) is 0.433. The van der Waals surface area contributed by atoms with Crippen molar-refractivity contribution in [2.45, 2.75) is 19.8 Å². The first-order valence-corrected chi connectivity index (χ1v) is 8.07. The van der Waals surface area contributed by atoms with Crippen molar-refractivity contribution in [2.75, 3.05) is 13.2 Å². The number of aryl methyl sites for hydroxylation is 1. The van der Waals surface area contributed by atoms with Crippen LogP contribution in [0.1, 0.15) is 17.8 Å². The maximum Gasteiger partial charge on any atom is 0.303 e. The van der Waals surface area contributed by atoms with Crippen LogP contribution in [-0.4, -0.2) is 35.1 Å². The van der Waals surface area contributed by atoms with Gasteiger partial charge in [-0.15, -0.1) is 11.3 Å². The number of para-hydroxylation sites is 1. The first-order valence-electron chi connectivity index (χ1n) is 7.19. The largest absolute Gasteiger partial charge is 0.483 e. The molecular formula is C16H18N2O4S. The maximum absolute atomic E-state index is 11.7. The first-order chi connectivity index (χ1) is 11.1. The Kier molecular flexibility index (Phi) is 6.10. The van der Waals surface area contributed by atoms with Crippen molar-refractivity contribution in [3.05, 3.63) is 34.7 Å². The minimum atomic E-state index is -0.872. The number of nitrogens with zero attached hydrogens (tertiary/aromatic N) is 1. The zero-order valence-electron chi connectivity index (χ0n) is 12.7. The normalized spacial score (nSPS) is 10.3. The Labute approximate surface area is 138 Å². The third kappa shape index (κ3) is 5.37. The lowest BCUT2D eigenvalue weighted by molar-refractivity contribution is -0.137. The lowest BCUT2D eigenvalue weighted by Gasteiger charge is -2.10. The van der Waals surface area contributed by atoms with Crippen molar-refractivity contribution in [3.63, 3.8) is 0 Å². The van der Waals surface area contributed by atoms with Crippen LogP contribution in [0.5, 0.6) is 5.75 Å². The Morgan fingerprint density at radius 2 is 2.13 bits per heavy atom. The summed E-state index contributed by atoms with van der Waals surface area (Å²) in [4.78, 5) is 26.5. The first kappa shape index (κ1) is 17.0. The van der Waals surface area contributed by atoms with E-state index in [1.165, 1.54) is 0 Å². The number of aromatic nitrogens is 1. The summed E-state index contributed by atoms with van der Waals surface area (Å²) in [5, 5.41) is 14.1. The number of carbonyl (C=O) groups is 2. The molecule has 7 heteroatoms. The molecular weight excluding hydrogens is 316 g/mol. The number of rotatable bonds is 8. The number of benzene rings is 1. The number of thiazole rings is 1. The molecule has 23 heavy (non-hydrogen) atoms. The molecule has 0 radical (unpaired) electrons. The van der Waals surface area contributed by atoms with Gasteiger partial charge < -0.3 is 15.2 Å². The highest BCUT2D eigenvalue weighted by atomic mass is 32.1. The standard InChI is InChI=1S/C16H18N2O4S/c1-11-18-13(10-23-11)12-5-2-3-6-14(12)22-9-15(19)17-8-4-7-16(20)21/h2-3,5-6,10H,4,7-9H2,1H3,(H,17,19)(H,20,21). The van der Waals surface area contributed by atoms with Crippen LogP contribution >= 0.6 is 11.3 Å². The molecule has 0 saturated carbocycles. The van der Waals surface area contributed by atoms with Crippen LogP contribution in [-0.2, 0) is 9.59 Å². The molecule has 0 fully saturated rings. The van der Waals surface area contributed by atoms with E-state index in [2.05, 4.69) is 10.3 Å². The molecule has 2 rings (SSSR count). The van der Waals surface area contributed by atoms with Crippen molar-refractivity contribution in [1.29, 1.82) is 0 Å². The van der Waals surface area contributed by atoms with Gasteiger partial charge in [0.25, 0.3) is 5.91 Å². The minimum absolute atomic E-state index is 0.0349. The number of carbonyl (C=O) groups excluding carboxylic acids is 1. The molecule has 0 bridgehead atoms. The fourth-order valence-electron chi connectivity index (χ4n) is 1.95. The molecule has 1 amide bonds. The second-order valence-electron chi connectivity index (χ2n) is 4.88. The highest BCUT2D eigenvalue weighted by Gasteiger charge is 2.10. The number of carboxylic acids is 1. The van der Waals surface area contributed by atoms with Crippen molar-refractivity contribution in [1.82, 2.24) is 10.3 Å². The van der Waals surface area contributed by atoms with Crippen LogP contribution in [0.15, 0.2) is 29.6 Å². The molecule has 0 aliphatic rings. The number of amides is 1. The van der Waals surface area contributed by atoms with Gasteiger partial charge in [-0.25, -0.2) is 4.98 Å². The van der Waals surface area contributed by atoms with Gasteiger partial charge in [0.2, 0.25) is 0 Å². The molecule has 0 aliphatic heterocycles. The quantitative estimate of drug-likeness (QED) is 0.724. The third-order valence-corrected chi connectivity index (χ3v) is 3.80. The number of nitrogens with one attached hydrogen (secondary N) is 1. The highest BCUT2D eigenvalue weighted by molar-refractivity contribution is 7.09. The van der Waals surface area contributed by atoms with E-state index in [9.17, 15) is 9.59 Å². The monoisotopic (exact) mass is 334 g/mol. The molecule has 122 valence electrons. The van der Waals surface area contributed by atoms with Crippen molar-refractivity contribution >= 4 is 23.2 Å². The number of aliphatic carboxylic acids is 1. The molecule has 0 saturated heterocycles. The third-order valence-electron chi connectivity index (χ3n) is 3.03. The molecule has 6 nitrogen and oxygen atoms in total. The fourth-order valence-corrected chi connectivity index (χ4v) is 2.57. The second-order valence-corrected chi connectivity index (χ2v) is 5.95. The minimum Gasteiger partial charge on any atom is -0.483 e. The Morgan fingerprint density at radius 3 is 2.83 bits per heavy atom. The van der Waals surface area contributed by atoms with Gasteiger partial charge in [-0.1, -0.05) is 12.1 Å². The van der Waals surface area contributed by atoms with Gasteiger partial charge in [-0.3, -0.25) is 9.59 Å². The number of carboxylic acid groups (broad SMARTS) is 1. The van der Waals surface area contributed by atoms with E-state index in [1.54, 1.807) is 17.4 Å². The molecule has 2 aromatic rings. The molecule has 0 spiro atoms. The van der Waals surface area contributed by atoms with Crippen molar-refractivity contribution in [3.8, 4) is 17.0 Å². The SMILES string of the molecule is Cc1nc(-c2ccccc2OCC(=O)NCCCC(=O)O)cs1. The Bertz CT molecular complexity index is 684.